The number of hydrogen-bond donors (Lipinski definition) is 2. The monoisotopic (exact) mass is 489 g/mol. The van der Waals surface area contributed by atoms with E-state index < -0.39 is 23.3 Å². The van der Waals surface area contributed by atoms with Crippen molar-refractivity contribution in [3.8, 4) is 5.75 Å². The number of aromatic nitrogens is 2. The van der Waals surface area contributed by atoms with Crippen LogP contribution < -0.4 is 5.32 Å². The Kier molecular flexibility index (Phi) is 4.80. The van der Waals surface area contributed by atoms with E-state index in [-0.39, 0.29) is 16.5 Å². The van der Waals surface area contributed by atoms with Gasteiger partial charge in [-0.05, 0) is 68.2 Å². The fraction of sp³-hybridized carbons (Fsp3) is 0.391. The van der Waals surface area contributed by atoms with Gasteiger partial charge in [-0.3, -0.25) is 9.48 Å². The number of amides is 1. The number of hydrogen-bond acceptors (Lipinski definition) is 3. The molecule has 0 aliphatic heterocycles. The van der Waals surface area contributed by atoms with Gasteiger partial charge in [0.25, 0.3) is 5.91 Å². The van der Waals surface area contributed by atoms with E-state index in [9.17, 15) is 18.7 Å². The molecule has 6 rings (SSSR count). The molecule has 162 valence electrons. The summed E-state index contributed by atoms with van der Waals surface area (Å²) in [6.45, 7) is 0.472. The van der Waals surface area contributed by atoms with Crippen LogP contribution in [0.5, 0.6) is 5.75 Å². The Bertz CT molecular complexity index is 1150. The van der Waals surface area contributed by atoms with Crippen LogP contribution in [0.4, 0.5) is 8.78 Å². The largest absolute Gasteiger partial charge is 0.503 e. The topological polar surface area (TPSA) is 67.2 Å². The molecule has 1 heterocycles. The smallest absolute Gasteiger partial charge is 0.251 e. The van der Waals surface area contributed by atoms with E-state index in [1.54, 1.807) is 0 Å². The molecule has 3 aliphatic carbocycles. The van der Waals surface area contributed by atoms with Gasteiger partial charge in [-0.25, -0.2) is 8.78 Å². The molecule has 3 aromatic rings. The van der Waals surface area contributed by atoms with E-state index in [0.29, 0.717) is 6.54 Å². The zero-order valence-electron chi connectivity index (χ0n) is 16.8. The van der Waals surface area contributed by atoms with Crippen LogP contribution in [0.1, 0.15) is 48.9 Å². The lowest BCUT2D eigenvalue weighted by Crippen LogP contribution is -2.51. The summed E-state index contributed by atoms with van der Waals surface area (Å²) in [5.41, 5.74) is 0.868. The molecule has 3 aliphatic rings. The maximum absolute atomic E-state index is 13.6. The SMILES string of the molecule is O=C(NCC12CCC(n3cc4ccc(Br)cc4n3)(CC1)CC2)c1cc(F)c(O)c(F)c1. The fourth-order valence-electron chi connectivity index (χ4n) is 5.15. The van der Waals surface area contributed by atoms with Gasteiger partial charge in [-0.2, -0.15) is 5.10 Å². The summed E-state index contributed by atoms with van der Waals surface area (Å²) >= 11 is 3.50. The van der Waals surface area contributed by atoms with Gasteiger partial charge in [-0.15, -0.1) is 0 Å². The van der Waals surface area contributed by atoms with Crippen LogP contribution in [-0.2, 0) is 5.54 Å². The zero-order chi connectivity index (χ0) is 21.8. The van der Waals surface area contributed by atoms with Crippen LogP contribution in [0.15, 0.2) is 41.0 Å². The minimum atomic E-state index is -1.14. The predicted octanol–water partition coefficient (Wildman–Crippen LogP) is 5.26. The maximum atomic E-state index is 13.6. The number of fused-ring (bicyclic) bond motifs is 4. The third kappa shape index (κ3) is 3.50. The first kappa shape index (κ1) is 20.4. The Hall–Kier alpha value is -2.48. The second-order valence-electron chi connectivity index (χ2n) is 8.97. The standard InChI is InChI=1S/C23H22BrF2N3O2/c24-16-2-1-14-12-29(28-19(14)11-16)23-6-3-22(4-7-23,5-8-23)13-27-21(31)15-9-17(25)20(30)18(26)10-15/h1-2,9-12,30H,3-8,13H2,(H,27,31). The highest BCUT2D eigenvalue weighted by molar-refractivity contribution is 9.10. The van der Waals surface area contributed by atoms with E-state index in [1.165, 1.54) is 0 Å². The van der Waals surface area contributed by atoms with Crippen LogP contribution in [0.2, 0.25) is 0 Å². The molecule has 2 bridgehead atoms. The van der Waals surface area contributed by atoms with Crippen molar-refractivity contribution in [2.24, 2.45) is 5.41 Å². The van der Waals surface area contributed by atoms with E-state index in [4.69, 9.17) is 5.10 Å². The second kappa shape index (κ2) is 7.29. The minimum Gasteiger partial charge on any atom is -0.503 e. The predicted molar refractivity (Wildman–Crippen MR) is 116 cm³/mol. The maximum Gasteiger partial charge on any atom is 0.251 e. The van der Waals surface area contributed by atoms with Crippen LogP contribution in [0, 0.1) is 17.0 Å². The lowest BCUT2D eigenvalue weighted by atomic mass is 9.57. The van der Waals surface area contributed by atoms with Gasteiger partial charge < -0.3 is 10.4 Å². The van der Waals surface area contributed by atoms with Crippen molar-refractivity contribution in [2.75, 3.05) is 6.54 Å². The van der Waals surface area contributed by atoms with Crippen molar-refractivity contribution >= 4 is 32.7 Å². The number of rotatable bonds is 4. The Labute approximate surface area is 186 Å². The third-order valence-corrected chi connectivity index (χ3v) is 7.71. The van der Waals surface area contributed by atoms with Gasteiger partial charge in [0, 0.05) is 28.2 Å². The van der Waals surface area contributed by atoms with E-state index in [2.05, 4.69) is 38.2 Å². The Balaban J connectivity index is 1.27. The summed E-state index contributed by atoms with van der Waals surface area (Å²) in [6.07, 6.45) is 7.99. The summed E-state index contributed by atoms with van der Waals surface area (Å²) in [5.74, 6) is -3.87. The van der Waals surface area contributed by atoms with Crippen LogP contribution in [0.25, 0.3) is 10.9 Å². The minimum absolute atomic E-state index is 0.00101. The average Bonchev–Trinajstić information content (AvgIpc) is 3.21. The van der Waals surface area contributed by atoms with Crippen molar-refractivity contribution in [2.45, 2.75) is 44.1 Å². The summed E-state index contributed by atoms with van der Waals surface area (Å²) in [6, 6.07) is 7.84. The molecule has 0 radical (unpaired) electrons. The third-order valence-electron chi connectivity index (χ3n) is 7.22. The molecule has 31 heavy (non-hydrogen) atoms. The Morgan fingerprint density at radius 2 is 1.74 bits per heavy atom. The number of aromatic hydroxyl groups is 1. The van der Waals surface area contributed by atoms with Crippen LogP contribution >= 0.6 is 15.9 Å². The van der Waals surface area contributed by atoms with E-state index in [1.807, 2.05) is 12.1 Å². The van der Waals surface area contributed by atoms with Crippen molar-refractivity contribution in [3.05, 3.63) is 58.2 Å². The molecule has 0 spiro atoms. The number of phenols is 1. The zero-order valence-corrected chi connectivity index (χ0v) is 18.4. The molecular weight excluding hydrogens is 468 g/mol. The fourth-order valence-corrected chi connectivity index (χ4v) is 5.50. The first-order valence-corrected chi connectivity index (χ1v) is 11.2. The first-order chi connectivity index (χ1) is 14.8. The molecule has 0 atom stereocenters. The molecule has 8 heteroatoms. The van der Waals surface area contributed by atoms with Gasteiger partial charge in [0.15, 0.2) is 17.4 Å². The van der Waals surface area contributed by atoms with Crippen molar-refractivity contribution in [1.82, 2.24) is 15.1 Å². The van der Waals surface area contributed by atoms with Gasteiger partial charge in [0.05, 0.1) is 11.1 Å². The lowest BCUT2D eigenvalue weighted by Gasteiger charge is -2.53. The molecule has 3 fully saturated rings. The number of phenolic OH excluding ortho intramolecular Hbond substituents is 1. The van der Waals surface area contributed by atoms with Gasteiger partial charge in [0.1, 0.15) is 0 Å². The van der Waals surface area contributed by atoms with Crippen LogP contribution in [0.3, 0.4) is 0 Å². The molecule has 2 aromatic carbocycles. The van der Waals surface area contributed by atoms with Crippen molar-refractivity contribution in [3.63, 3.8) is 0 Å². The molecule has 5 nitrogen and oxygen atoms in total. The average molecular weight is 490 g/mol. The molecule has 1 aromatic heterocycles. The molecule has 0 unspecified atom stereocenters. The lowest BCUT2D eigenvalue weighted by molar-refractivity contribution is -0.00562. The quantitative estimate of drug-likeness (QED) is 0.524. The number of nitrogens with zero attached hydrogens (tertiary/aromatic N) is 2. The highest BCUT2D eigenvalue weighted by Gasteiger charge is 2.50. The second-order valence-corrected chi connectivity index (χ2v) is 9.89. The summed E-state index contributed by atoms with van der Waals surface area (Å²) in [7, 11) is 0. The van der Waals surface area contributed by atoms with Crippen molar-refractivity contribution in [1.29, 1.82) is 0 Å². The van der Waals surface area contributed by atoms with Crippen LogP contribution in [-0.4, -0.2) is 27.3 Å². The van der Waals surface area contributed by atoms with E-state index in [0.717, 1.165) is 66.0 Å². The number of carbonyl (C=O) groups excluding carboxylic acids is 1. The highest BCUT2D eigenvalue weighted by atomic mass is 79.9. The normalized spacial score (nSPS) is 25.1. The van der Waals surface area contributed by atoms with E-state index >= 15 is 0 Å². The first-order valence-electron chi connectivity index (χ1n) is 10.4. The van der Waals surface area contributed by atoms with Gasteiger partial charge in [-0.1, -0.05) is 22.0 Å². The molecule has 2 N–H and O–H groups in total. The molecule has 1 amide bonds. The number of benzene rings is 2. The Morgan fingerprint density at radius 1 is 1.10 bits per heavy atom. The number of halogens is 3. The summed E-state index contributed by atoms with van der Waals surface area (Å²) < 4.78 is 30.3. The molecule has 0 saturated heterocycles. The number of nitrogens with one attached hydrogen (secondary N) is 1. The number of carbonyl (C=O) groups is 1. The molecular formula is C23H22BrF2N3O2. The Morgan fingerprint density at radius 3 is 2.39 bits per heavy atom. The molecule has 3 saturated carbocycles. The highest BCUT2D eigenvalue weighted by Crippen LogP contribution is 2.55. The van der Waals surface area contributed by atoms with Crippen molar-refractivity contribution < 1.29 is 18.7 Å². The summed E-state index contributed by atoms with van der Waals surface area (Å²) in [4.78, 5) is 12.4. The van der Waals surface area contributed by atoms with Gasteiger partial charge >= 0.3 is 0 Å². The van der Waals surface area contributed by atoms with Gasteiger partial charge in [0.2, 0.25) is 0 Å². The summed E-state index contributed by atoms with van der Waals surface area (Å²) in [5, 5.41) is 18.1.